The molecular formula is C19H14N4O2. The Morgan fingerprint density at radius 1 is 0.760 bits per heavy atom. The molecule has 0 spiro atoms. The van der Waals surface area contributed by atoms with Gasteiger partial charge in [0.15, 0.2) is 0 Å². The van der Waals surface area contributed by atoms with E-state index in [1.807, 2.05) is 54.6 Å². The van der Waals surface area contributed by atoms with Crippen LogP contribution in [0.3, 0.4) is 0 Å². The normalized spacial score (nSPS) is 11.2. The molecule has 25 heavy (non-hydrogen) atoms. The van der Waals surface area contributed by atoms with Gasteiger partial charge in [-0.1, -0.05) is 30.3 Å². The predicted molar refractivity (Wildman–Crippen MR) is 97.4 cm³/mol. The third-order valence-corrected chi connectivity index (χ3v) is 3.33. The highest BCUT2D eigenvalue weighted by atomic mass is 16.6. The van der Waals surface area contributed by atoms with E-state index in [1.54, 1.807) is 18.3 Å². The van der Waals surface area contributed by atoms with E-state index in [2.05, 4.69) is 15.2 Å². The second kappa shape index (κ2) is 7.74. The van der Waals surface area contributed by atoms with Gasteiger partial charge in [-0.2, -0.15) is 10.2 Å². The summed E-state index contributed by atoms with van der Waals surface area (Å²) < 4.78 is 0. The molecule has 6 heteroatoms. The summed E-state index contributed by atoms with van der Waals surface area (Å²) in [6, 6.07) is 23.1. The summed E-state index contributed by atoms with van der Waals surface area (Å²) in [5, 5.41) is 19.1. The van der Waals surface area contributed by atoms with Gasteiger partial charge in [-0.25, -0.2) is 0 Å². The van der Waals surface area contributed by atoms with Crippen molar-refractivity contribution in [1.82, 2.24) is 0 Å². The predicted octanol–water partition coefficient (Wildman–Crippen LogP) is 5.76. The van der Waals surface area contributed by atoms with Crippen molar-refractivity contribution in [3.8, 4) is 0 Å². The maximum atomic E-state index is 10.8. The number of nitrogens with zero attached hydrogens (tertiary/aromatic N) is 4. The number of hydrogen-bond acceptors (Lipinski definition) is 5. The highest BCUT2D eigenvalue weighted by molar-refractivity contribution is 5.82. The van der Waals surface area contributed by atoms with Crippen LogP contribution in [-0.4, -0.2) is 11.1 Å². The van der Waals surface area contributed by atoms with E-state index in [-0.39, 0.29) is 5.69 Å². The first kappa shape index (κ1) is 16.2. The van der Waals surface area contributed by atoms with Crippen LogP contribution >= 0.6 is 0 Å². The third-order valence-electron chi connectivity index (χ3n) is 3.33. The van der Waals surface area contributed by atoms with Crippen molar-refractivity contribution in [2.24, 2.45) is 15.2 Å². The van der Waals surface area contributed by atoms with Gasteiger partial charge in [0.2, 0.25) is 0 Å². The smallest absolute Gasteiger partial charge is 0.258 e. The van der Waals surface area contributed by atoms with Crippen molar-refractivity contribution in [2.75, 3.05) is 0 Å². The Kier molecular flexibility index (Phi) is 5.01. The van der Waals surface area contributed by atoms with Crippen LogP contribution < -0.4 is 0 Å². The first-order valence-electron chi connectivity index (χ1n) is 7.56. The Balaban J connectivity index is 1.69. The Hall–Kier alpha value is -3.67. The number of aliphatic imine (C=N–C) groups is 1. The monoisotopic (exact) mass is 330 g/mol. The first-order valence-corrected chi connectivity index (χ1v) is 7.56. The molecule has 0 aliphatic rings. The molecule has 0 unspecified atom stereocenters. The largest absolute Gasteiger partial charge is 0.270 e. The highest BCUT2D eigenvalue weighted by Crippen LogP contribution is 2.21. The van der Waals surface area contributed by atoms with E-state index in [0.29, 0.717) is 5.56 Å². The summed E-state index contributed by atoms with van der Waals surface area (Å²) in [4.78, 5) is 14.7. The Bertz CT molecular complexity index is 920. The van der Waals surface area contributed by atoms with Crippen molar-refractivity contribution >= 4 is 29.0 Å². The van der Waals surface area contributed by atoms with Crippen LogP contribution in [0.5, 0.6) is 0 Å². The molecule has 122 valence electrons. The molecule has 0 heterocycles. The Morgan fingerprint density at radius 2 is 1.40 bits per heavy atom. The molecule has 0 radical (unpaired) electrons. The number of nitro benzene ring substituents is 1. The molecule has 0 amide bonds. The van der Waals surface area contributed by atoms with Crippen molar-refractivity contribution in [1.29, 1.82) is 0 Å². The minimum atomic E-state index is -0.427. The molecule has 0 fully saturated rings. The molecule has 6 nitrogen and oxygen atoms in total. The van der Waals surface area contributed by atoms with Crippen LogP contribution in [0.25, 0.3) is 0 Å². The number of azo groups is 1. The molecule has 3 aromatic carbocycles. The van der Waals surface area contributed by atoms with Crippen LogP contribution in [0.4, 0.5) is 22.7 Å². The number of non-ortho nitro benzene ring substituents is 1. The minimum Gasteiger partial charge on any atom is -0.258 e. The number of hydrogen-bond donors (Lipinski definition) is 0. The number of benzene rings is 3. The topological polar surface area (TPSA) is 80.2 Å². The van der Waals surface area contributed by atoms with Crippen molar-refractivity contribution < 1.29 is 4.92 Å². The van der Waals surface area contributed by atoms with Gasteiger partial charge in [-0.3, -0.25) is 15.1 Å². The quantitative estimate of drug-likeness (QED) is 0.258. The van der Waals surface area contributed by atoms with Gasteiger partial charge in [-0.15, -0.1) is 0 Å². The van der Waals surface area contributed by atoms with Gasteiger partial charge >= 0.3 is 0 Å². The molecule has 3 rings (SSSR count). The average molecular weight is 330 g/mol. The van der Waals surface area contributed by atoms with Gasteiger partial charge in [-0.05, 0) is 42.0 Å². The molecule has 0 aliphatic heterocycles. The van der Waals surface area contributed by atoms with Crippen LogP contribution in [-0.2, 0) is 0 Å². The maximum absolute atomic E-state index is 10.8. The fourth-order valence-electron chi connectivity index (χ4n) is 2.08. The van der Waals surface area contributed by atoms with E-state index in [0.717, 1.165) is 17.1 Å². The molecule has 0 saturated carbocycles. The number of rotatable bonds is 5. The molecule has 3 aromatic rings. The summed E-state index contributed by atoms with van der Waals surface area (Å²) >= 11 is 0. The first-order chi connectivity index (χ1) is 12.2. The maximum Gasteiger partial charge on any atom is 0.270 e. The molecule has 0 N–H and O–H groups in total. The Labute approximate surface area is 144 Å². The lowest BCUT2D eigenvalue weighted by Crippen LogP contribution is -1.89. The zero-order valence-electron chi connectivity index (χ0n) is 13.2. The average Bonchev–Trinajstić information content (AvgIpc) is 2.66. The van der Waals surface area contributed by atoms with Gasteiger partial charge in [0, 0.05) is 18.3 Å². The fraction of sp³-hybridized carbons (Fsp3) is 0. The SMILES string of the molecule is O=[N+]([O-])c1cccc(C=Nc2ccc(N=Nc3ccccc3)cc2)c1. The van der Waals surface area contributed by atoms with Crippen LogP contribution in [0.1, 0.15) is 5.56 Å². The second-order valence-corrected chi connectivity index (χ2v) is 5.16. The molecule has 0 atom stereocenters. The van der Waals surface area contributed by atoms with E-state index in [1.165, 1.54) is 12.1 Å². The summed E-state index contributed by atoms with van der Waals surface area (Å²) in [6.07, 6.45) is 1.59. The van der Waals surface area contributed by atoms with Crippen LogP contribution in [0.2, 0.25) is 0 Å². The van der Waals surface area contributed by atoms with E-state index in [9.17, 15) is 10.1 Å². The van der Waals surface area contributed by atoms with Gasteiger partial charge in [0.1, 0.15) is 0 Å². The van der Waals surface area contributed by atoms with E-state index < -0.39 is 4.92 Å². The van der Waals surface area contributed by atoms with E-state index in [4.69, 9.17) is 0 Å². The van der Waals surface area contributed by atoms with Gasteiger partial charge < -0.3 is 0 Å². The minimum absolute atomic E-state index is 0.0422. The number of nitro groups is 1. The van der Waals surface area contributed by atoms with Crippen LogP contribution in [0.15, 0.2) is 94.1 Å². The molecule has 0 saturated heterocycles. The zero-order valence-corrected chi connectivity index (χ0v) is 13.2. The molecule has 0 aromatic heterocycles. The lowest BCUT2D eigenvalue weighted by molar-refractivity contribution is -0.384. The Morgan fingerprint density at radius 3 is 2.08 bits per heavy atom. The lowest BCUT2D eigenvalue weighted by atomic mass is 10.2. The standard InChI is InChI=1S/C19H14N4O2/c24-23(25)19-8-4-5-15(13-19)14-20-16-9-11-18(12-10-16)22-21-17-6-2-1-3-7-17/h1-14H. The van der Waals surface area contributed by atoms with Gasteiger partial charge in [0.25, 0.3) is 5.69 Å². The molecule has 0 aliphatic carbocycles. The summed E-state index contributed by atoms with van der Waals surface area (Å²) in [7, 11) is 0. The summed E-state index contributed by atoms with van der Waals surface area (Å²) in [5.41, 5.74) is 2.95. The highest BCUT2D eigenvalue weighted by Gasteiger charge is 2.03. The summed E-state index contributed by atoms with van der Waals surface area (Å²) in [6.45, 7) is 0. The second-order valence-electron chi connectivity index (χ2n) is 5.16. The third kappa shape index (κ3) is 4.65. The van der Waals surface area contributed by atoms with Crippen molar-refractivity contribution in [3.63, 3.8) is 0 Å². The van der Waals surface area contributed by atoms with Gasteiger partial charge in [0.05, 0.1) is 22.0 Å². The van der Waals surface area contributed by atoms with Crippen molar-refractivity contribution in [3.05, 3.63) is 94.5 Å². The van der Waals surface area contributed by atoms with E-state index >= 15 is 0 Å². The molecular weight excluding hydrogens is 316 g/mol. The van der Waals surface area contributed by atoms with Crippen LogP contribution in [0, 0.1) is 10.1 Å². The van der Waals surface area contributed by atoms with Crippen molar-refractivity contribution in [2.45, 2.75) is 0 Å². The fourth-order valence-corrected chi connectivity index (χ4v) is 2.08. The lowest BCUT2D eigenvalue weighted by Gasteiger charge is -1.96. The summed E-state index contributed by atoms with van der Waals surface area (Å²) in [5.74, 6) is 0. The zero-order chi connectivity index (χ0) is 17.5. The molecule has 0 bridgehead atoms.